The van der Waals surface area contributed by atoms with Gasteiger partial charge in [-0.15, -0.1) is 13.2 Å². The van der Waals surface area contributed by atoms with Gasteiger partial charge in [-0.25, -0.2) is 8.42 Å². The van der Waals surface area contributed by atoms with Crippen molar-refractivity contribution in [2.24, 2.45) is 10.7 Å². The van der Waals surface area contributed by atoms with Gasteiger partial charge in [-0.2, -0.15) is 4.31 Å². The van der Waals surface area contributed by atoms with Crippen LogP contribution in [0.15, 0.2) is 29.3 Å². The van der Waals surface area contributed by atoms with E-state index in [9.17, 15) is 21.6 Å². The van der Waals surface area contributed by atoms with E-state index in [0.717, 1.165) is 24.8 Å². The molecule has 0 bridgehead atoms. The van der Waals surface area contributed by atoms with E-state index in [0.29, 0.717) is 13.0 Å². The molecule has 1 heterocycles. The molecule has 2 rings (SSSR count). The van der Waals surface area contributed by atoms with Gasteiger partial charge in [0.25, 0.3) is 0 Å². The lowest BCUT2D eigenvalue weighted by atomic mass is 10.2. The SMILES string of the molecule is CS(=O)(=O)N1CCC[C@@H]1CN=C(N)Nc1cccc(OC(F)(F)F)c1. The Morgan fingerprint density at radius 2 is 2.20 bits per heavy atom. The van der Waals surface area contributed by atoms with Crippen LogP contribution in [-0.2, 0) is 10.0 Å². The predicted octanol–water partition coefficient (Wildman–Crippen LogP) is 1.74. The molecule has 1 aromatic carbocycles. The van der Waals surface area contributed by atoms with Crippen LogP contribution in [0, 0.1) is 0 Å². The molecule has 0 unspecified atom stereocenters. The van der Waals surface area contributed by atoms with Crippen LogP contribution in [0.1, 0.15) is 12.8 Å². The predicted molar refractivity (Wildman–Crippen MR) is 87.8 cm³/mol. The molecule has 0 radical (unpaired) electrons. The number of guanidine groups is 1. The number of alkyl halides is 3. The van der Waals surface area contributed by atoms with Gasteiger partial charge < -0.3 is 15.8 Å². The van der Waals surface area contributed by atoms with E-state index in [1.807, 2.05) is 0 Å². The van der Waals surface area contributed by atoms with E-state index in [4.69, 9.17) is 5.73 Å². The van der Waals surface area contributed by atoms with Gasteiger partial charge >= 0.3 is 6.36 Å². The van der Waals surface area contributed by atoms with Gasteiger partial charge in [0.15, 0.2) is 5.96 Å². The third kappa shape index (κ3) is 6.09. The van der Waals surface area contributed by atoms with Crippen LogP contribution in [0.3, 0.4) is 0 Å². The van der Waals surface area contributed by atoms with Crippen LogP contribution in [0.4, 0.5) is 18.9 Å². The number of benzene rings is 1. The first-order chi connectivity index (χ1) is 11.5. The Morgan fingerprint density at radius 3 is 2.84 bits per heavy atom. The van der Waals surface area contributed by atoms with Crippen LogP contribution in [0.25, 0.3) is 0 Å². The molecule has 0 aliphatic carbocycles. The lowest BCUT2D eigenvalue weighted by Crippen LogP contribution is -2.37. The van der Waals surface area contributed by atoms with Crippen LogP contribution in [-0.4, -0.2) is 50.4 Å². The van der Waals surface area contributed by atoms with Crippen LogP contribution >= 0.6 is 0 Å². The van der Waals surface area contributed by atoms with Gasteiger partial charge in [0.05, 0.1) is 12.8 Å². The van der Waals surface area contributed by atoms with Crippen molar-refractivity contribution in [1.82, 2.24) is 4.31 Å². The highest BCUT2D eigenvalue weighted by molar-refractivity contribution is 7.88. The Hall–Kier alpha value is -2.01. The van der Waals surface area contributed by atoms with Gasteiger partial charge in [-0.1, -0.05) is 6.07 Å². The molecule has 1 atom stereocenters. The van der Waals surface area contributed by atoms with Gasteiger partial charge in [0.2, 0.25) is 10.0 Å². The first-order valence-corrected chi connectivity index (χ1v) is 9.29. The molecule has 1 aromatic rings. The maximum absolute atomic E-state index is 12.2. The summed E-state index contributed by atoms with van der Waals surface area (Å²) in [6.45, 7) is 0.619. The molecule has 3 N–H and O–H groups in total. The molecule has 0 aromatic heterocycles. The summed E-state index contributed by atoms with van der Waals surface area (Å²) in [5, 5.41) is 2.66. The average Bonchev–Trinajstić information content (AvgIpc) is 2.92. The van der Waals surface area contributed by atoms with E-state index in [1.165, 1.54) is 16.4 Å². The molecule has 7 nitrogen and oxygen atoms in total. The molecular weight excluding hydrogens is 361 g/mol. The Morgan fingerprint density at radius 1 is 1.48 bits per heavy atom. The zero-order chi connectivity index (χ0) is 18.7. The molecule has 25 heavy (non-hydrogen) atoms. The maximum Gasteiger partial charge on any atom is 0.573 e. The zero-order valence-corrected chi connectivity index (χ0v) is 14.3. The van der Waals surface area contributed by atoms with Crippen molar-refractivity contribution in [3.05, 3.63) is 24.3 Å². The molecular formula is C14H19F3N4O3S. The number of nitrogens with two attached hydrogens (primary N) is 1. The summed E-state index contributed by atoms with van der Waals surface area (Å²) in [6, 6.07) is 4.90. The Labute approximate surface area is 143 Å². The van der Waals surface area contributed by atoms with Crippen molar-refractivity contribution in [2.45, 2.75) is 25.2 Å². The average molecular weight is 380 g/mol. The monoisotopic (exact) mass is 380 g/mol. The third-order valence-electron chi connectivity index (χ3n) is 3.56. The van der Waals surface area contributed by atoms with Crippen molar-refractivity contribution in [3.63, 3.8) is 0 Å². The molecule has 0 spiro atoms. The van der Waals surface area contributed by atoms with Crippen molar-refractivity contribution in [2.75, 3.05) is 24.7 Å². The van der Waals surface area contributed by atoms with Crippen LogP contribution < -0.4 is 15.8 Å². The molecule has 11 heteroatoms. The summed E-state index contributed by atoms with van der Waals surface area (Å²) in [7, 11) is -3.30. The number of aliphatic imine (C=N–C) groups is 1. The van der Waals surface area contributed by atoms with Gasteiger partial charge in [0.1, 0.15) is 5.75 Å². The number of hydrogen-bond donors (Lipinski definition) is 2. The fourth-order valence-corrected chi connectivity index (χ4v) is 3.76. The third-order valence-corrected chi connectivity index (χ3v) is 4.89. The number of nitrogens with one attached hydrogen (secondary N) is 1. The van der Waals surface area contributed by atoms with Crippen molar-refractivity contribution in [3.8, 4) is 5.75 Å². The van der Waals surface area contributed by atoms with E-state index in [-0.39, 0.29) is 30.0 Å². The van der Waals surface area contributed by atoms with E-state index < -0.39 is 16.4 Å². The first kappa shape index (κ1) is 19.3. The summed E-state index contributed by atoms with van der Waals surface area (Å²) in [6.07, 6.45) is -2.21. The lowest BCUT2D eigenvalue weighted by Gasteiger charge is -2.20. The second-order valence-electron chi connectivity index (χ2n) is 5.60. The molecule has 0 amide bonds. The van der Waals surface area contributed by atoms with Crippen LogP contribution in [0.2, 0.25) is 0 Å². The van der Waals surface area contributed by atoms with Crippen LogP contribution in [0.5, 0.6) is 5.75 Å². The largest absolute Gasteiger partial charge is 0.573 e. The summed E-state index contributed by atoms with van der Waals surface area (Å²) >= 11 is 0. The minimum atomic E-state index is -4.78. The number of ether oxygens (including phenoxy) is 1. The number of nitrogens with zero attached hydrogens (tertiary/aromatic N) is 2. The number of hydrogen-bond acceptors (Lipinski definition) is 4. The summed E-state index contributed by atoms with van der Waals surface area (Å²) < 4.78 is 65.2. The van der Waals surface area contributed by atoms with Crippen molar-refractivity contribution in [1.29, 1.82) is 0 Å². The molecule has 140 valence electrons. The zero-order valence-electron chi connectivity index (χ0n) is 13.5. The molecule has 1 aliphatic rings. The van der Waals surface area contributed by atoms with Gasteiger partial charge in [-0.05, 0) is 25.0 Å². The molecule has 1 aliphatic heterocycles. The van der Waals surface area contributed by atoms with Gasteiger partial charge in [-0.3, -0.25) is 4.99 Å². The van der Waals surface area contributed by atoms with Crippen molar-refractivity contribution >= 4 is 21.7 Å². The number of halogens is 3. The Bertz CT molecular complexity index is 737. The molecule has 0 saturated carbocycles. The normalized spacial score (nSPS) is 19.8. The smallest absolute Gasteiger partial charge is 0.406 e. The summed E-state index contributed by atoms with van der Waals surface area (Å²) in [4.78, 5) is 4.08. The van der Waals surface area contributed by atoms with Crippen molar-refractivity contribution < 1.29 is 26.3 Å². The number of anilines is 1. The fourth-order valence-electron chi connectivity index (χ4n) is 2.59. The standard InChI is InChI=1S/C14H19F3N4O3S/c1-25(22,23)21-7-3-5-11(21)9-19-13(18)20-10-4-2-6-12(8-10)24-14(15,16)17/h2,4,6,8,11H,3,5,7,9H2,1H3,(H3,18,19,20)/t11-/m1/s1. The molecule has 1 fully saturated rings. The summed E-state index contributed by atoms with van der Waals surface area (Å²) in [5.41, 5.74) is 6.00. The fraction of sp³-hybridized carbons (Fsp3) is 0.500. The summed E-state index contributed by atoms with van der Waals surface area (Å²) in [5.74, 6) is -0.408. The van der Waals surface area contributed by atoms with E-state index in [1.54, 1.807) is 0 Å². The quantitative estimate of drug-likeness (QED) is 0.599. The lowest BCUT2D eigenvalue weighted by molar-refractivity contribution is -0.274. The topological polar surface area (TPSA) is 97.0 Å². The van der Waals surface area contributed by atoms with E-state index in [2.05, 4.69) is 15.0 Å². The second kappa shape index (κ2) is 7.48. The van der Waals surface area contributed by atoms with E-state index >= 15 is 0 Å². The highest BCUT2D eigenvalue weighted by Gasteiger charge is 2.32. The highest BCUT2D eigenvalue weighted by atomic mass is 32.2. The number of sulfonamides is 1. The number of rotatable bonds is 5. The second-order valence-corrected chi connectivity index (χ2v) is 7.53. The minimum Gasteiger partial charge on any atom is -0.406 e. The Balaban J connectivity index is 1.98. The maximum atomic E-state index is 12.2. The first-order valence-electron chi connectivity index (χ1n) is 7.44. The molecule has 1 saturated heterocycles. The highest BCUT2D eigenvalue weighted by Crippen LogP contribution is 2.25. The van der Waals surface area contributed by atoms with Gasteiger partial charge in [0, 0.05) is 24.3 Å². The Kier molecular flexibility index (Phi) is 5.78. The minimum absolute atomic E-state index is 0.0236.